The Hall–Kier alpha value is -2.09. The van der Waals surface area contributed by atoms with Crippen molar-refractivity contribution in [2.75, 3.05) is 44.3 Å². The first kappa shape index (κ1) is 25.6. The van der Waals surface area contributed by atoms with E-state index in [1.165, 1.54) is 5.69 Å². The quantitative estimate of drug-likeness (QED) is 0.466. The van der Waals surface area contributed by atoms with Gasteiger partial charge in [0, 0.05) is 61.3 Å². The zero-order chi connectivity index (χ0) is 24.8. The molecule has 36 heavy (non-hydrogen) atoms. The average Bonchev–Trinajstić information content (AvgIpc) is 3.13. The highest BCUT2D eigenvalue weighted by molar-refractivity contribution is 6.35. The maximum atomic E-state index is 6.63. The number of rotatable bonds is 8. The van der Waals surface area contributed by atoms with E-state index in [0.29, 0.717) is 35.6 Å². The number of piperazine rings is 1. The van der Waals surface area contributed by atoms with Gasteiger partial charge < -0.3 is 24.4 Å². The van der Waals surface area contributed by atoms with Gasteiger partial charge in [-0.2, -0.15) is 0 Å². The van der Waals surface area contributed by atoms with Crippen LogP contribution < -0.4 is 15.0 Å². The Kier molecular flexibility index (Phi) is 8.50. The first-order chi connectivity index (χ1) is 17.6. The number of hydrogen-bond donors (Lipinski definition) is 1. The van der Waals surface area contributed by atoms with Crippen molar-refractivity contribution >= 4 is 35.1 Å². The van der Waals surface area contributed by atoms with Crippen LogP contribution in [0.25, 0.3) is 0 Å². The van der Waals surface area contributed by atoms with E-state index in [0.717, 1.165) is 56.8 Å². The van der Waals surface area contributed by atoms with Gasteiger partial charge in [0.05, 0.1) is 11.6 Å². The van der Waals surface area contributed by atoms with Gasteiger partial charge in [-0.25, -0.2) is 0 Å². The summed E-state index contributed by atoms with van der Waals surface area (Å²) in [6, 6.07) is 13.8. The van der Waals surface area contributed by atoms with Gasteiger partial charge in [-0.15, -0.1) is 0 Å². The molecule has 2 saturated heterocycles. The Morgan fingerprint density at radius 2 is 1.94 bits per heavy atom. The van der Waals surface area contributed by atoms with Crippen LogP contribution in [-0.2, 0) is 15.3 Å². The van der Waals surface area contributed by atoms with Gasteiger partial charge >= 0.3 is 0 Å². The van der Waals surface area contributed by atoms with Gasteiger partial charge in [-0.3, -0.25) is 4.99 Å². The lowest BCUT2D eigenvalue weighted by molar-refractivity contribution is -0.185. The average molecular weight is 530 g/mol. The molecule has 2 aromatic carbocycles. The molecule has 1 N–H and O–H groups in total. The molecule has 5 rings (SSSR count). The Balaban J connectivity index is 1.24. The Labute approximate surface area is 223 Å². The van der Waals surface area contributed by atoms with Crippen LogP contribution in [0.4, 0.5) is 5.69 Å². The lowest BCUT2D eigenvalue weighted by Crippen LogP contribution is -2.43. The molecule has 192 valence electrons. The molecule has 8 heteroatoms. The van der Waals surface area contributed by atoms with Crippen molar-refractivity contribution in [1.29, 1.82) is 0 Å². The second-order valence-electron chi connectivity index (χ2n) is 9.53. The summed E-state index contributed by atoms with van der Waals surface area (Å²) in [5, 5.41) is 4.52. The summed E-state index contributed by atoms with van der Waals surface area (Å²) in [5.74, 6) is 0.247. The van der Waals surface area contributed by atoms with Crippen LogP contribution in [0.1, 0.15) is 31.2 Å². The van der Waals surface area contributed by atoms with Gasteiger partial charge in [0.25, 0.3) is 0 Å². The van der Waals surface area contributed by atoms with Crippen molar-refractivity contribution in [2.24, 2.45) is 10.9 Å². The predicted octanol–water partition coefficient (Wildman–Crippen LogP) is 5.82. The topological polar surface area (TPSA) is 55.3 Å². The van der Waals surface area contributed by atoms with Crippen LogP contribution in [-0.4, -0.2) is 51.7 Å². The fourth-order valence-corrected chi connectivity index (χ4v) is 5.56. The minimum atomic E-state index is -0.935. The standard InChI is InChI=1S/C28H33Cl2N3O3/c29-22-4-9-26(27(30)17-22)28(11-10-21-3-1-2-12-32-18-21)35-20-25(36-28)19-34-24-7-5-23(6-8-24)33-15-13-31-14-16-33/h2,4-9,12,17-18,21,25,31H,1,3,10-11,13-16,19-20H2. The number of nitrogens with zero attached hydrogens (tertiary/aromatic N) is 2. The molecule has 0 bridgehead atoms. The second-order valence-corrected chi connectivity index (χ2v) is 10.4. The van der Waals surface area contributed by atoms with Gasteiger partial charge in [-0.1, -0.05) is 35.3 Å². The number of ether oxygens (including phenoxy) is 3. The van der Waals surface area contributed by atoms with Gasteiger partial charge in [0.2, 0.25) is 0 Å². The lowest BCUT2D eigenvalue weighted by atomic mass is 9.92. The molecule has 3 unspecified atom stereocenters. The van der Waals surface area contributed by atoms with Crippen molar-refractivity contribution in [3.05, 3.63) is 70.3 Å². The normalized spacial score (nSPS) is 26.2. The molecule has 0 radical (unpaired) electrons. The zero-order valence-corrected chi connectivity index (χ0v) is 21.9. The lowest BCUT2D eigenvalue weighted by Gasteiger charge is -2.31. The van der Waals surface area contributed by atoms with E-state index in [1.807, 2.05) is 36.7 Å². The van der Waals surface area contributed by atoms with Crippen molar-refractivity contribution in [2.45, 2.75) is 37.6 Å². The van der Waals surface area contributed by atoms with Gasteiger partial charge in [0.15, 0.2) is 5.79 Å². The molecule has 0 saturated carbocycles. The maximum absolute atomic E-state index is 6.63. The summed E-state index contributed by atoms with van der Waals surface area (Å²) >= 11 is 12.8. The Bertz CT molecular complexity index is 1070. The van der Waals surface area contributed by atoms with Gasteiger partial charge in [0.1, 0.15) is 18.5 Å². The number of allylic oxidation sites excluding steroid dienone is 1. The predicted molar refractivity (Wildman–Crippen MR) is 146 cm³/mol. The minimum absolute atomic E-state index is 0.214. The Morgan fingerprint density at radius 3 is 2.75 bits per heavy atom. The third-order valence-corrected chi connectivity index (χ3v) is 7.54. The first-order valence-corrected chi connectivity index (χ1v) is 13.5. The number of benzene rings is 2. The van der Waals surface area contributed by atoms with Crippen LogP contribution in [0, 0.1) is 5.92 Å². The monoisotopic (exact) mass is 529 g/mol. The molecule has 6 nitrogen and oxygen atoms in total. The van der Waals surface area contributed by atoms with Crippen LogP contribution >= 0.6 is 23.2 Å². The molecule has 2 aromatic rings. The summed E-state index contributed by atoms with van der Waals surface area (Å²) in [6.45, 7) is 4.90. The molecular weight excluding hydrogens is 497 g/mol. The number of aliphatic imine (C=N–C) groups is 1. The SMILES string of the molecule is Clc1ccc(C2(CCC3C=NC=CCC3)OCC(COc3ccc(N4CCNCC4)cc3)O2)c(Cl)c1. The molecule has 3 atom stereocenters. The van der Waals surface area contributed by atoms with Crippen LogP contribution in [0.5, 0.6) is 5.75 Å². The number of nitrogens with one attached hydrogen (secondary N) is 1. The van der Waals surface area contributed by atoms with E-state index in [9.17, 15) is 0 Å². The third-order valence-electron chi connectivity index (χ3n) is 6.99. The van der Waals surface area contributed by atoms with Crippen molar-refractivity contribution in [3.63, 3.8) is 0 Å². The van der Waals surface area contributed by atoms with E-state index >= 15 is 0 Å². The largest absolute Gasteiger partial charge is 0.491 e. The summed E-state index contributed by atoms with van der Waals surface area (Å²) in [6.07, 6.45) is 9.42. The highest BCUT2D eigenvalue weighted by Gasteiger charge is 2.44. The van der Waals surface area contributed by atoms with E-state index in [2.05, 4.69) is 33.4 Å². The number of halogens is 2. The van der Waals surface area contributed by atoms with E-state index < -0.39 is 5.79 Å². The van der Waals surface area contributed by atoms with E-state index in [4.69, 9.17) is 37.4 Å². The van der Waals surface area contributed by atoms with E-state index in [1.54, 1.807) is 6.07 Å². The zero-order valence-electron chi connectivity index (χ0n) is 20.4. The fraction of sp³-hybridized carbons (Fsp3) is 0.464. The molecule has 2 fully saturated rings. The van der Waals surface area contributed by atoms with Crippen molar-refractivity contribution < 1.29 is 14.2 Å². The molecule has 3 heterocycles. The highest BCUT2D eigenvalue weighted by Crippen LogP contribution is 2.43. The molecule has 3 aliphatic rings. The van der Waals surface area contributed by atoms with Crippen molar-refractivity contribution in [1.82, 2.24) is 5.32 Å². The van der Waals surface area contributed by atoms with Crippen LogP contribution in [0.3, 0.4) is 0 Å². The molecule has 0 amide bonds. The molecule has 3 aliphatic heterocycles. The van der Waals surface area contributed by atoms with Crippen LogP contribution in [0.2, 0.25) is 10.0 Å². The van der Waals surface area contributed by atoms with E-state index in [-0.39, 0.29) is 6.10 Å². The first-order valence-electron chi connectivity index (χ1n) is 12.8. The summed E-state index contributed by atoms with van der Waals surface area (Å²) in [5.41, 5.74) is 2.03. The highest BCUT2D eigenvalue weighted by atomic mass is 35.5. The van der Waals surface area contributed by atoms with Crippen molar-refractivity contribution in [3.8, 4) is 5.75 Å². The van der Waals surface area contributed by atoms with Gasteiger partial charge in [-0.05, 0) is 61.6 Å². The maximum Gasteiger partial charge on any atom is 0.196 e. The second kappa shape index (κ2) is 12.0. The fourth-order valence-electron chi connectivity index (χ4n) is 5.00. The number of anilines is 1. The summed E-state index contributed by atoms with van der Waals surface area (Å²) in [4.78, 5) is 6.76. The number of hydrogen-bond acceptors (Lipinski definition) is 6. The molecule has 0 spiro atoms. The smallest absolute Gasteiger partial charge is 0.196 e. The molecule has 0 aromatic heterocycles. The minimum Gasteiger partial charge on any atom is -0.491 e. The summed E-state index contributed by atoms with van der Waals surface area (Å²) < 4.78 is 19.0. The third kappa shape index (κ3) is 6.24. The Morgan fingerprint density at radius 1 is 1.11 bits per heavy atom. The molecule has 0 aliphatic carbocycles. The summed E-state index contributed by atoms with van der Waals surface area (Å²) in [7, 11) is 0. The molecular formula is C28H33Cl2N3O3. The van der Waals surface area contributed by atoms with Crippen LogP contribution in [0.15, 0.2) is 59.7 Å².